The third-order valence-corrected chi connectivity index (χ3v) is 4.40. The molecule has 0 spiro atoms. The number of carbonyl (C=O) groups excluding carboxylic acids is 1. The number of amides is 1. The van der Waals surface area contributed by atoms with E-state index in [1.807, 2.05) is 25.4 Å². The van der Waals surface area contributed by atoms with Crippen LogP contribution in [0.3, 0.4) is 0 Å². The van der Waals surface area contributed by atoms with Crippen LogP contribution in [0, 0.1) is 5.92 Å². The summed E-state index contributed by atoms with van der Waals surface area (Å²) in [5, 5.41) is 12.7. The topological polar surface area (TPSA) is 68.4 Å². The third kappa shape index (κ3) is 2.82. The molecule has 0 bridgehead atoms. The average molecular weight is 265 g/mol. The summed E-state index contributed by atoms with van der Waals surface area (Å²) in [6.07, 6.45) is 5.15. The number of hydrogen-bond donors (Lipinski definition) is 3. The zero-order valence-electron chi connectivity index (χ0n) is 11.6. The molecule has 106 valence electrons. The van der Waals surface area contributed by atoms with Crippen LogP contribution in [0.15, 0.2) is 18.3 Å². The van der Waals surface area contributed by atoms with Gasteiger partial charge in [-0.2, -0.15) is 0 Å². The summed E-state index contributed by atoms with van der Waals surface area (Å²) in [5.41, 5.74) is -0.193. The quantitative estimate of drug-likeness (QED) is 0.764. The Balaban J connectivity index is 1.96. The molecule has 0 atom stereocenters. The number of aromatic nitrogens is 1. The molecule has 2 rings (SSSR count). The van der Waals surface area contributed by atoms with Gasteiger partial charge in [0.1, 0.15) is 5.82 Å². The molecule has 5 nitrogen and oxygen atoms in total. The number of anilines is 1. The summed E-state index contributed by atoms with van der Waals surface area (Å²) in [4.78, 5) is 17.1. The molecule has 1 aliphatic rings. The van der Waals surface area contributed by atoms with Gasteiger partial charge in [-0.3, -0.25) is 4.79 Å². The monoisotopic (exact) mass is 265 g/mol. The van der Waals surface area contributed by atoms with E-state index in [1.165, 1.54) is 0 Å². The van der Waals surface area contributed by atoms with Crippen LogP contribution in [0.2, 0.25) is 0 Å². The smallest absolute Gasteiger partial charge is 0.230 e. The Morgan fingerprint density at radius 1 is 1.58 bits per heavy atom. The number of carbonyl (C=O) groups is 1. The highest BCUT2D eigenvalue weighted by Crippen LogP contribution is 2.33. The second kappa shape index (κ2) is 5.75. The van der Waals surface area contributed by atoms with Gasteiger partial charge in [0.25, 0.3) is 0 Å². The molecule has 0 aromatic carbocycles. The Bertz CT molecular complexity index is 402. The lowest BCUT2D eigenvalue weighted by atomic mass is 9.76. The van der Waals surface area contributed by atoms with Gasteiger partial charge in [0, 0.05) is 24.7 Å². The molecular formula is C14H23N3O2. The highest BCUT2D eigenvalue weighted by Gasteiger charge is 2.36. The van der Waals surface area contributed by atoms with Gasteiger partial charge in [0.2, 0.25) is 5.91 Å². The van der Waals surface area contributed by atoms with Crippen molar-refractivity contribution in [3.05, 3.63) is 18.3 Å². The van der Waals surface area contributed by atoms with Crippen molar-refractivity contribution in [2.24, 2.45) is 5.92 Å². The molecule has 0 saturated heterocycles. The fourth-order valence-corrected chi connectivity index (χ4v) is 2.83. The number of H-pyrrole nitrogens is 1. The van der Waals surface area contributed by atoms with E-state index in [9.17, 15) is 9.90 Å². The largest absolute Gasteiger partial charge is 0.394 e. The first-order valence-corrected chi connectivity index (χ1v) is 6.82. The van der Waals surface area contributed by atoms with E-state index < -0.39 is 0 Å². The van der Waals surface area contributed by atoms with E-state index >= 15 is 0 Å². The molecule has 1 aromatic heterocycles. The first kappa shape index (κ1) is 14.1. The van der Waals surface area contributed by atoms with Crippen LogP contribution < -0.4 is 10.2 Å². The van der Waals surface area contributed by atoms with Crippen molar-refractivity contribution in [1.29, 1.82) is 0 Å². The maximum Gasteiger partial charge on any atom is 0.230 e. The SMILES string of the molecule is CNC1(CO)CCC(C(=O)N(C)c2ccc[nH]2)CC1. The molecule has 1 saturated carbocycles. The first-order chi connectivity index (χ1) is 9.12. The Morgan fingerprint density at radius 2 is 2.26 bits per heavy atom. The van der Waals surface area contributed by atoms with Crippen LogP contribution >= 0.6 is 0 Å². The zero-order valence-corrected chi connectivity index (χ0v) is 11.6. The van der Waals surface area contributed by atoms with Crippen LogP contribution in [0.25, 0.3) is 0 Å². The summed E-state index contributed by atoms with van der Waals surface area (Å²) in [6.45, 7) is 0.136. The fourth-order valence-electron chi connectivity index (χ4n) is 2.83. The molecule has 1 amide bonds. The van der Waals surface area contributed by atoms with Crippen LogP contribution in [0.4, 0.5) is 5.82 Å². The number of rotatable bonds is 4. The van der Waals surface area contributed by atoms with Gasteiger partial charge < -0.3 is 20.3 Å². The maximum atomic E-state index is 12.4. The maximum absolute atomic E-state index is 12.4. The second-order valence-electron chi connectivity index (χ2n) is 5.42. The predicted molar refractivity (Wildman–Crippen MR) is 75.0 cm³/mol. The summed E-state index contributed by atoms with van der Waals surface area (Å²) >= 11 is 0. The standard InChI is InChI=1S/C14H23N3O2/c1-15-14(10-18)7-5-11(6-8-14)13(19)17(2)12-4-3-9-16-12/h3-4,9,11,15-16,18H,5-8,10H2,1-2H3. The molecule has 0 radical (unpaired) electrons. The minimum Gasteiger partial charge on any atom is -0.394 e. The van der Waals surface area contributed by atoms with Crippen molar-refractivity contribution < 1.29 is 9.90 Å². The molecule has 1 aromatic rings. The Labute approximate surface area is 114 Å². The van der Waals surface area contributed by atoms with E-state index in [4.69, 9.17) is 0 Å². The molecule has 1 aliphatic carbocycles. The average Bonchev–Trinajstić information content (AvgIpc) is 3.00. The lowest BCUT2D eigenvalue weighted by Gasteiger charge is -2.39. The highest BCUT2D eigenvalue weighted by atomic mass is 16.3. The van der Waals surface area contributed by atoms with Crippen LogP contribution in [0.1, 0.15) is 25.7 Å². The molecular weight excluding hydrogens is 242 g/mol. The number of aliphatic hydroxyl groups excluding tert-OH is 1. The zero-order chi connectivity index (χ0) is 13.9. The van der Waals surface area contributed by atoms with E-state index in [1.54, 1.807) is 11.9 Å². The summed E-state index contributed by atoms with van der Waals surface area (Å²) in [6, 6.07) is 3.78. The van der Waals surface area contributed by atoms with E-state index in [-0.39, 0.29) is 24.0 Å². The number of aromatic amines is 1. The third-order valence-electron chi connectivity index (χ3n) is 4.40. The van der Waals surface area contributed by atoms with Gasteiger partial charge in [-0.05, 0) is 44.9 Å². The van der Waals surface area contributed by atoms with Gasteiger partial charge in [-0.15, -0.1) is 0 Å². The Kier molecular flexibility index (Phi) is 4.27. The van der Waals surface area contributed by atoms with Crippen molar-refractivity contribution in [2.75, 3.05) is 25.6 Å². The van der Waals surface area contributed by atoms with Crippen molar-refractivity contribution >= 4 is 11.7 Å². The molecule has 1 heterocycles. The Morgan fingerprint density at radius 3 is 2.74 bits per heavy atom. The number of aliphatic hydroxyl groups is 1. The van der Waals surface area contributed by atoms with Gasteiger partial charge >= 0.3 is 0 Å². The predicted octanol–water partition coefficient (Wildman–Crippen LogP) is 1.12. The summed E-state index contributed by atoms with van der Waals surface area (Å²) in [5.74, 6) is 1.05. The summed E-state index contributed by atoms with van der Waals surface area (Å²) in [7, 11) is 3.68. The minimum atomic E-state index is -0.193. The van der Waals surface area contributed by atoms with Crippen LogP contribution in [-0.4, -0.2) is 42.2 Å². The van der Waals surface area contributed by atoms with Gasteiger partial charge in [0.15, 0.2) is 0 Å². The van der Waals surface area contributed by atoms with Crippen LogP contribution in [-0.2, 0) is 4.79 Å². The van der Waals surface area contributed by atoms with Crippen molar-refractivity contribution in [1.82, 2.24) is 10.3 Å². The normalized spacial score (nSPS) is 27.2. The van der Waals surface area contributed by atoms with Crippen LogP contribution in [0.5, 0.6) is 0 Å². The number of hydrogen-bond acceptors (Lipinski definition) is 3. The van der Waals surface area contributed by atoms with Gasteiger partial charge in [-0.25, -0.2) is 0 Å². The molecule has 0 aliphatic heterocycles. The van der Waals surface area contributed by atoms with E-state index in [0.717, 1.165) is 31.5 Å². The van der Waals surface area contributed by atoms with Crippen molar-refractivity contribution in [2.45, 2.75) is 31.2 Å². The molecule has 1 fully saturated rings. The number of likely N-dealkylation sites (N-methyl/N-ethyl adjacent to an activating group) is 1. The van der Waals surface area contributed by atoms with Crippen molar-refractivity contribution in [3.8, 4) is 0 Å². The van der Waals surface area contributed by atoms with E-state index in [2.05, 4.69) is 10.3 Å². The minimum absolute atomic E-state index is 0.0568. The molecule has 3 N–H and O–H groups in total. The number of nitrogens with one attached hydrogen (secondary N) is 2. The Hall–Kier alpha value is -1.33. The van der Waals surface area contributed by atoms with E-state index in [0.29, 0.717) is 0 Å². The second-order valence-corrected chi connectivity index (χ2v) is 5.42. The summed E-state index contributed by atoms with van der Waals surface area (Å²) < 4.78 is 0. The molecule has 19 heavy (non-hydrogen) atoms. The molecule has 0 unspecified atom stereocenters. The lowest BCUT2D eigenvalue weighted by Crippen LogP contribution is -2.50. The van der Waals surface area contributed by atoms with Gasteiger partial charge in [-0.1, -0.05) is 0 Å². The molecule has 5 heteroatoms. The van der Waals surface area contributed by atoms with Gasteiger partial charge in [0.05, 0.1) is 6.61 Å². The van der Waals surface area contributed by atoms with Crippen molar-refractivity contribution in [3.63, 3.8) is 0 Å². The highest BCUT2D eigenvalue weighted by molar-refractivity contribution is 5.93. The number of nitrogens with zero attached hydrogens (tertiary/aromatic N) is 1. The first-order valence-electron chi connectivity index (χ1n) is 6.82. The fraction of sp³-hybridized carbons (Fsp3) is 0.643. The lowest BCUT2D eigenvalue weighted by molar-refractivity contribution is -0.123.